The molecular weight excluding hydrogens is 596 g/mol. The van der Waals surface area contributed by atoms with Crippen LogP contribution in [0.3, 0.4) is 0 Å². The fourth-order valence-electron chi connectivity index (χ4n) is 9.35. The lowest BCUT2D eigenvalue weighted by Crippen LogP contribution is -2.54. The number of carbonyl (C=O) groups is 4. The zero-order chi connectivity index (χ0) is 32.3. The molecule has 7 heterocycles. The van der Waals surface area contributed by atoms with E-state index in [1.807, 2.05) is 18.2 Å². The number of carbonyl (C=O) groups excluding carboxylic acids is 4. The van der Waals surface area contributed by atoms with Gasteiger partial charge in [-0.15, -0.1) is 0 Å². The predicted octanol–water partition coefficient (Wildman–Crippen LogP) is 1.87. The predicted molar refractivity (Wildman–Crippen MR) is 176 cm³/mol. The summed E-state index contributed by atoms with van der Waals surface area (Å²) >= 11 is 0. The molecule has 4 bridgehead atoms. The summed E-state index contributed by atoms with van der Waals surface area (Å²) in [7, 11) is 0. The molecule has 0 radical (unpaired) electrons. The van der Waals surface area contributed by atoms with Crippen LogP contribution >= 0.6 is 0 Å². The first-order valence-electron chi connectivity index (χ1n) is 18.2. The Kier molecular flexibility index (Phi) is 10.1. The maximum absolute atomic E-state index is 13.8. The number of rotatable bonds is 2. The van der Waals surface area contributed by atoms with Crippen LogP contribution in [0.2, 0.25) is 0 Å². The van der Waals surface area contributed by atoms with Gasteiger partial charge in [-0.2, -0.15) is 0 Å². The van der Waals surface area contributed by atoms with E-state index in [0.717, 1.165) is 97.3 Å². The molecule has 0 unspecified atom stereocenters. The SMILES string of the molecule is O=C1NCC[C@H]2CN(C3CCOCC3)CC[C@H]2CC(=O)N2CCC(CC2)N2CCC[C@H]2C(=O)N[C@@H]2C[C@H]1N(C(=O)c1ccccc1)C2. The van der Waals surface area contributed by atoms with Gasteiger partial charge in [-0.25, -0.2) is 0 Å². The third kappa shape index (κ3) is 7.22. The number of nitrogens with one attached hydrogen (secondary N) is 2. The van der Waals surface area contributed by atoms with Crippen LogP contribution < -0.4 is 10.6 Å². The number of likely N-dealkylation sites (tertiary alicyclic amines) is 2. The molecule has 7 aliphatic heterocycles. The lowest BCUT2D eigenvalue weighted by atomic mass is 9.79. The Balaban J connectivity index is 1.12. The summed E-state index contributed by atoms with van der Waals surface area (Å²) in [5, 5.41) is 6.44. The molecule has 7 aliphatic rings. The number of nitrogens with zero attached hydrogens (tertiary/aromatic N) is 4. The van der Waals surface area contributed by atoms with Gasteiger partial charge in [-0.1, -0.05) is 18.2 Å². The molecule has 2 N–H and O–H groups in total. The highest BCUT2D eigenvalue weighted by atomic mass is 16.5. The molecule has 11 nitrogen and oxygen atoms in total. The largest absolute Gasteiger partial charge is 0.381 e. The summed E-state index contributed by atoms with van der Waals surface area (Å²) in [6, 6.07) is 8.76. The fourth-order valence-corrected chi connectivity index (χ4v) is 9.35. The van der Waals surface area contributed by atoms with E-state index in [1.165, 1.54) is 0 Å². The monoisotopic (exact) mass is 648 g/mol. The topological polar surface area (TPSA) is 115 Å². The molecule has 256 valence electrons. The molecule has 0 aromatic heterocycles. The van der Waals surface area contributed by atoms with E-state index in [1.54, 1.807) is 17.0 Å². The van der Waals surface area contributed by atoms with Gasteiger partial charge in [-0.05, 0) is 94.8 Å². The van der Waals surface area contributed by atoms with E-state index < -0.39 is 6.04 Å². The average Bonchev–Trinajstić information content (AvgIpc) is 3.77. The van der Waals surface area contributed by atoms with Gasteiger partial charge in [0.1, 0.15) is 6.04 Å². The van der Waals surface area contributed by atoms with Crippen LogP contribution in [0.1, 0.15) is 74.6 Å². The maximum atomic E-state index is 13.8. The second-order valence-electron chi connectivity index (χ2n) is 14.7. The van der Waals surface area contributed by atoms with Crippen molar-refractivity contribution in [2.45, 2.75) is 94.4 Å². The van der Waals surface area contributed by atoms with Gasteiger partial charge in [0, 0.05) is 76.0 Å². The normalized spacial score (nSPS) is 33.7. The van der Waals surface area contributed by atoms with E-state index in [2.05, 4.69) is 25.3 Å². The second-order valence-corrected chi connectivity index (χ2v) is 14.7. The van der Waals surface area contributed by atoms with E-state index in [0.29, 0.717) is 43.5 Å². The summed E-state index contributed by atoms with van der Waals surface area (Å²) in [4.78, 5) is 63.6. The van der Waals surface area contributed by atoms with Crippen LogP contribution in [0.4, 0.5) is 0 Å². The molecule has 8 rings (SSSR count). The Labute approximate surface area is 278 Å². The number of amides is 4. The molecule has 1 aromatic rings. The van der Waals surface area contributed by atoms with E-state index in [4.69, 9.17) is 4.74 Å². The van der Waals surface area contributed by atoms with Crippen molar-refractivity contribution >= 4 is 23.6 Å². The van der Waals surface area contributed by atoms with Crippen LogP contribution in [0.15, 0.2) is 30.3 Å². The highest BCUT2D eigenvalue weighted by molar-refractivity contribution is 5.98. The summed E-state index contributed by atoms with van der Waals surface area (Å²) in [6.45, 7) is 6.75. The number of fused-ring (bicyclic) bond motifs is 7. The van der Waals surface area contributed by atoms with E-state index in [9.17, 15) is 19.2 Å². The molecule has 7 saturated heterocycles. The van der Waals surface area contributed by atoms with Gasteiger partial charge in [-0.3, -0.25) is 29.0 Å². The summed E-state index contributed by atoms with van der Waals surface area (Å²) in [5.41, 5.74) is 0.544. The van der Waals surface area contributed by atoms with Crippen molar-refractivity contribution < 1.29 is 23.9 Å². The standard InChI is InChI=1S/C36H52N6O5/c43-33-21-26-9-16-40(29-12-19-47-20-13-29)23-27(26)8-14-37-34(44)32-22-28(24-42(32)36(46)25-5-2-1-3-6-25)38-35(45)31-7-4-15-41(31)30-10-17-39(33)18-11-30/h1-3,5-6,26-32H,4,7-24H2,(H,37,44)(H,38,45)/t26-,27-,28+,31-,32+/m0/s1. The van der Waals surface area contributed by atoms with E-state index >= 15 is 0 Å². The quantitative estimate of drug-likeness (QED) is 0.504. The van der Waals surface area contributed by atoms with Gasteiger partial charge in [0.05, 0.1) is 6.04 Å². The summed E-state index contributed by atoms with van der Waals surface area (Å²) in [5.74, 6) is 0.487. The minimum atomic E-state index is -0.652. The molecule has 0 saturated carbocycles. The van der Waals surface area contributed by atoms with Crippen molar-refractivity contribution in [3.05, 3.63) is 35.9 Å². The zero-order valence-corrected chi connectivity index (χ0v) is 27.7. The Bertz CT molecular complexity index is 1280. The molecule has 47 heavy (non-hydrogen) atoms. The summed E-state index contributed by atoms with van der Waals surface area (Å²) < 4.78 is 5.64. The smallest absolute Gasteiger partial charge is 0.254 e. The first-order valence-corrected chi connectivity index (χ1v) is 18.2. The van der Waals surface area contributed by atoms with Crippen LogP contribution in [-0.4, -0.2) is 132 Å². The maximum Gasteiger partial charge on any atom is 0.254 e. The van der Waals surface area contributed by atoms with Crippen LogP contribution in [0.25, 0.3) is 0 Å². The van der Waals surface area contributed by atoms with Crippen LogP contribution in [0.5, 0.6) is 0 Å². The number of piperidine rings is 2. The van der Waals surface area contributed by atoms with E-state index in [-0.39, 0.29) is 47.7 Å². The van der Waals surface area contributed by atoms with Gasteiger partial charge in [0.2, 0.25) is 17.7 Å². The molecule has 5 atom stereocenters. The highest BCUT2D eigenvalue weighted by Crippen LogP contribution is 2.34. The molecule has 7 fully saturated rings. The number of ether oxygens (including phenoxy) is 1. The van der Waals surface area contributed by atoms with Gasteiger partial charge in [0.25, 0.3) is 5.91 Å². The minimum absolute atomic E-state index is 0.00440. The van der Waals surface area contributed by atoms with Crippen molar-refractivity contribution in [1.82, 2.24) is 30.2 Å². The summed E-state index contributed by atoms with van der Waals surface area (Å²) in [6.07, 6.45) is 8.40. The average molecular weight is 649 g/mol. The Morgan fingerprint density at radius 3 is 2.34 bits per heavy atom. The highest BCUT2D eigenvalue weighted by Gasteiger charge is 2.44. The van der Waals surface area contributed by atoms with Crippen LogP contribution in [-0.2, 0) is 19.1 Å². The Hall–Kier alpha value is -3.02. The van der Waals surface area contributed by atoms with Crippen LogP contribution in [0, 0.1) is 11.8 Å². The van der Waals surface area contributed by atoms with Crippen molar-refractivity contribution in [3.63, 3.8) is 0 Å². The molecule has 0 spiro atoms. The fraction of sp³-hybridized carbons (Fsp3) is 0.722. The van der Waals surface area contributed by atoms with Crippen molar-refractivity contribution in [1.29, 1.82) is 0 Å². The molecule has 11 heteroatoms. The number of hydrogen-bond donors (Lipinski definition) is 2. The zero-order valence-electron chi connectivity index (χ0n) is 27.7. The van der Waals surface area contributed by atoms with Crippen molar-refractivity contribution in [2.75, 3.05) is 59.0 Å². The van der Waals surface area contributed by atoms with Gasteiger partial charge >= 0.3 is 0 Å². The molecule has 0 aliphatic carbocycles. The Morgan fingerprint density at radius 1 is 0.766 bits per heavy atom. The molecule has 1 aromatic carbocycles. The third-order valence-corrected chi connectivity index (χ3v) is 12.0. The van der Waals surface area contributed by atoms with Crippen molar-refractivity contribution in [2.24, 2.45) is 11.8 Å². The first kappa shape index (κ1) is 32.5. The third-order valence-electron chi connectivity index (χ3n) is 12.0. The van der Waals surface area contributed by atoms with Gasteiger partial charge < -0.3 is 25.2 Å². The first-order chi connectivity index (χ1) is 22.9. The number of benzene rings is 1. The lowest BCUT2D eigenvalue weighted by Gasteiger charge is -2.44. The molecule has 4 amide bonds. The molecular formula is C36H52N6O5. The lowest BCUT2D eigenvalue weighted by molar-refractivity contribution is -0.136. The Morgan fingerprint density at radius 2 is 1.55 bits per heavy atom. The second kappa shape index (κ2) is 14.6. The number of hydrogen-bond acceptors (Lipinski definition) is 7. The van der Waals surface area contributed by atoms with Gasteiger partial charge in [0.15, 0.2) is 0 Å². The minimum Gasteiger partial charge on any atom is -0.381 e. The van der Waals surface area contributed by atoms with Crippen molar-refractivity contribution in [3.8, 4) is 0 Å².